The molecule has 0 spiro atoms. The zero-order valence-corrected chi connectivity index (χ0v) is 9.83. The molecule has 1 N–H and O–H groups in total. The van der Waals surface area contributed by atoms with Crippen molar-refractivity contribution in [1.29, 1.82) is 0 Å². The van der Waals surface area contributed by atoms with Gasteiger partial charge in [0.2, 0.25) is 0 Å². The molecule has 0 aliphatic rings. The Morgan fingerprint density at radius 2 is 2.00 bits per heavy atom. The van der Waals surface area contributed by atoms with E-state index in [1.807, 2.05) is 0 Å². The molecule has 0 heterocycles. The molecule has 0 aliphatic carbocycles. The highest BCUT2D eigenvalue weighted by atomic mass is 19.1. The van der Waals surface area contributed by atoms with Gasteiger partial charge in [0.1, 0.15) is 11.6 Å². The number of carbonyl (C=O) groups is 1. The van der Waals surface area contributed by atoms with Gasteiger partial charge in [0, 0.05) is 5.41 Å². The third kappa shape index (κ3) is 2.61. The van der Waals surface area contributed by atoms with E-state index in [-0.39, 0.29) is 5.56 Å². The first-order valence-electron chi connectivity index (χ1n) is 5.02. The van der Waals surface area contributed by atoms with Gasteiger partial charge in [-0.2, -0.15) is 0 Å². The SMILES string of the molecule is COC(=O)C(O)C(C)(C)c1cc(F)ccc1F. The Kier molecular flexibility index (Phi) is 3.83. The number of rotatable bonds is 3. The molecule has 1 aromatic carbocycles. The topological polar surface area (TPSA) is 46.5 Å². The van der Waals surface area contributed by atoms with Crippen molar-refractivity contribution in [2.75, 3.05) is 7.11 Å². The molecular weight excluding hydrogens is 230 g/mol. The average Bonchev–Trinajstić information content (AvgIpc) is 2.30. The number of esters is 1. The van der Waals surface area contributed by atoms with Crippen LogP contribution in [0.2, 0.25) is 0 Å². The van der Waals surface area contributed by atoms with Gasteiger partial charge in [-0.05, 0) is 23.8 Å². The van der Waals surface area contributed by atoms with E-state index in [9.17, 15) is 18.7 Å². The van der Waals surface area contributed by atoms with Gasteiger partial charge in [-0.25, -0.2) is 13.6 Å². The van der Waals surface area contributed by atoms with Gasteiger partial charge in [-0.15, -0.1) is 0 Å². The maximum absolute atomic E-state index is 13.6. The lowest BCUT2D eigenvalue weighted by Gasteiger charge is -2.29. The Balaban J connectivity index is 3.20. The maximum Gasteiger partial charge on any atom is 0.335 e. The van der Waals surface area contributed by atoms with Crippen molar-refractivity contribution >= 4 is 5.97 Å². The molecule has 3 nitrogen and oxygen atoms in total. The summed E-state index contributed by atoms with van der Waals surface area (Å²) in [7, 11) is 1.11. The second-order valence-corrected chi connectivity index (χ2v) is 4.27. The quantitative estimate of drug-likeness (QED) is 0.824. The largest absolute Gasteiger partial charge is 0.467 e. The number of carbonyl (C=O) groups excluding carboxylic acids is 1. The second kappa shape index (κ2) is 4.79. The molecule has 0 amide bonds. The van der Waals surface area contributed by atoms with E-state index in [2.05, 4.69) is 4.74 Å². The number of methoxy groups -OCH3 is 1. The standard InChI is InChI=1S/C12H14F2O3/c1-12(2,10(15)11(16)17-3)8-6-7(13)4-5-9(8)14/h4-6,10,15H,1-3H3. The molecule has 17 heavy (non-hydrogen) atoms. The zero-order chi connectivity index (χ0) is 13.2. The third-order valence-corrected chi connectivity index (χ3v) is 2.73. The first-order chi connectivity index (χ1) is 7.80. The van der Waals surface area contributed by atoms with E-state index < -0.39 is 29.1 Å². The zero-order valence-electron chi connectivity index (χ0n) is 9.83. The van der Waals surface area contributed by atoms with Crippen molar-refractivity contribution in [2.24, 2.45) is 0 Å². The van der Waals surface area contributed by atoms with Crippen LogP contribution in [0.25, 0.3) is 0 Å². The van der Waals surface area contributed by atoms with Gasteiger partial charge in [0.15, 0.2) is 6.10 Å². The van der Waals surface area contributed by atoms with Crippen LogP contribution in [0.4, 0.5) is 8.78 Å². The van der Waals surface area contributed by atoms with Crippen LogP contribution >= 0.6 is 0 Å². The van der Waals surface area contributed by atoms with Crippen molar-refractivity contribution in [3.05, 3.63) is 35.4 Å². The van der Waals surface area contributed by atoms with Crippen LogP contribution in [0, 0.1) is 11.6 Å². The van der Waals surface area contributed by atoms with Crippen LogP contribution in [0.1, 0.15) is 19.4 Å². The monoisotopic (exact) mass is 244 g/mol. The molecule has 94 valence electrons. The Bertz CT molecular complexity index is 430. The Morgan fingerprint density at radius 1 is 1.41 bits per heavy atom. The molecule has 1 atom stereocenters. The normalized spacial score (nSPS) is 13.3. The number of hydrogen-bond donors (Lipinski definition) is 1. The minimum Gasteiger partial charge on any atom is -0.467 e. The van der Waals surface area contributed by atoms with Crippen LogP contribution in [0.5, 0.6) is 0 Å². The molecular formula is C12H14F2O3. The highest BCUT2D eigenvalue weighted by Gasteiger charge is 2.38. The van der Waals surface area contributed by atoms with Crippen LogP contribution < -0.4 is 0 Å². The van der Waals surface area contributed by atoms with Crippen LogP contribution in [-0.4, -0.2) is 24.3 Å². The highest BCUT2D eigenvalue weighted by molar-refractivity contribution is 5.76. The summed E-state index contributed by atoms with van der Waals surface area (Å²) in [4.78, 5) is 11.2. The summed E-state index contributed by atoms with van der Waals surface area (Å²) in [6, 6.07) is 2.89. The Hall–Kier alpha value is -1.49. The minimum absolute atomic E-state index is 0.0737. The number of hydrogen-bond acceptors (Lipinski definition) is 3. The lowest BCUT2D eigenvalue weighted by atomic mass is 9.79. The average molecular weight is 244 g/mol. The van der Waals surface area contributed by atoms with Crippen molar-refractivity contribution in [2.45, 2.75) is 25.4 Å². The van der Waals surface area contributed by atoms with Crippen molar-refractivity contribution in [3.63, 3.8) is 0 Å². The van der Waals surface area contributed by atoms with E-state index >= 15 is 0 Å². The molecule has 0 bridgehead atoms. The Morgan fingerprint density at radius 3 is 2.53 bits per heavy atom. The van der Waals surface area contributed by atoms with Gasteiger partial charge in [0.25, 0.3) is 0 Å². The predicted octanol–water partition coefficient (Wildman–Crippen LogP) is 1.78. The molecule has 0 aromatic heterocycles. The number of ether oxygens (including phenoxy) is 1. The van der Waals surface area contributed by atoms with E-state index in [0.717, 1.165) is 25.3 Å². The van der Waals surface area contributed by atoms with Gasteiger partial charge in [-0.3, -0.25) is 0 Å². The smallest absolute Gasteiger partial charge is 0.335 e. The van der Waals surface area contributed by atoms with Gasteiger partial charge in [-0.1, -0.05) is 13.8 Å². The lowest BCUT2D eigenvalue weighted by molar-refractivity contribution is -0.153. The Labute approximate surface area is 98.0 Å². The maximum atomic E-state index is 13.6. The molecule has 1 unspecified atom stereocenters. The first-order valence-corrected chi connectivity index (χ1v) is 5.02. The summed E-state index contributed by atoms with van der Waals surface area (Å²) in [5.74, 6) is -2.20. The summed E-state index contributed by atoms with van der Waals surface area (Å²) < 4.78 is 31.0. The van der Waals surface area contributed by atoms with Crippen LogP contribution in [0.3, 0.4) is 0 Å². The predicted molar refractivity (Wildman–Crippen MR) is 57.4 cm³/mol. The molecule has 0 fully saturated rings. The molecule has 0 aliphatic heterocycles. The molecule has 0 saturated carbocycles. The van der Waals surface area contributed by atoms with E-state index in [1.165, 1.54) is 13.8 Å². The summed E-state index contributed by atoms with van der Waals surface area (Å²) in [6.45, 7) is 2.87. The fourth-order valence-electron chi connectivity index (χ4n) is 1.54. The fraction of sp³-hybridized carbons (Fsp3) is 0.417. The summed E-state index contributed by atoms with van der Waals surface area (Å²) in [6.07, 6.45) is -1.57. The van der Waals surface area contributed by atoms with E-state index in [0.29, 0.717) is 0 Å². The van der Waals surface area contributed by atoms with Crippen molar-refractivity contribution in [1.82, 2.24) is 0 Å². The van der Waals surface area contributed by atoms with E-state index in [4.69, 9.17) is 0 Å². The second-order valence-electron chi connectivity index (χ2n) is 4.27. The summed E-state index contributed by atoms with van der Waals surface area (Å²) in [5.41, 5.74) is -1.35. The number of aliphatic hydroxyl groups excluding tert-OH is 1. The van der Waals surface area contributed by atoms with Crippen molar-refractivity contribution in [3.8, 4) is 0 Å². The highest BCUT2D eigenvalue weighted by Crippen LogP contribution is 2.30. The minimum atomic E-state index is -1.57. The van der Waals surface area contributed by atoms with Gasteiger partial charge >= 0.3 is 5.97 Å². The number of aliphatic hydroxyl groups is 1. The molecule has 1 aromatic rings. The molecule has 5 heteroatoms. The van der Waals surface area contributed by atoms with Gasteiger partial charge in [0.05, 0.1) is 7.11 Å². The van der Waals surface area contributed by atoms with E-state index in [1.54, 1.807) is 0 Å². The third-order valence-electron chi connectivity index (χ3n) is 2.73. The molecule has 0 saturated heterocycles. The summed E-state index contributed by atoms with van der Waals surface area (Å²) in [5, 5.41) is 9.75. The van der Waals surface area contributed by atoms with Crippen LogP contribution in [-0.2, 0) is 14.9 Å². The van der Waals surface area contributed by atoms with Crippen LogP contribution in [0.15, 0.2) is 18.2 Å². The van der Waals surface area contributed by atoms with Gasteiger partial charge < -0.3 is 9.84 Å². The molecule has 1 rings (SSSR count). The number of halogens is 2. The molecule has 0 radical (unpaired) electrons. The van der Waals surface area contributed by atoms with Crippen molar-refractivity contribution < 1.29 is 23.4 Å². The number of benzene rings is 1. The lowest BCUT2D eigenvalue weighted by Crippen LogP contribution is -2.41. The first kappa shape index (κ1) is 13.6. The fourth-order valence-corrected chi connectivity index (χ4v) is 1.54. The summed E-state index contributed by atoms with van der Waals surface area (Å²) >= 11 is 0.